The van der Waals surface area contributed by atoms with Crippen molar-refractivity contribution in [2.75, 3.05) is 18.1 Å². The van der Waals surface area contributed by atoms with Crippen LogP contribution in [0.25, 0.3) is 0 Å². The molecule has 1 aliphatic rings. The Labute approximate surface area is 231 Å². The van der Waals surface area contributed by atoms with Gasteiger partial charge in [-0.25, -0.2) is 22.0 Å². The molecule has 1 aliphatic heterocycles. The van der Waals surface area contributed by atoms with Gasteiger partial charge in [0.25, 0.3) is 5.91 Å². The number of carbonyl (C=O) groups is 1. The molecular formula is C28H26F5NO5S. The Hall–Kier alpha value is -3.03. The number of halogens is 5. The highest BCUT2D eigenvalue weighted by atomic mass is 32.2. The van der Waals surface area contributed by atoms with E-state index in [1.54, 1.807) is 36.0 Å². The Morgan fingerprint density at radius 1 is 0.825 bits per heavy atom. The van der Waals surface area contributed by atoms with Crippen molar-refractivity contribution in [3.05, 3.63) is 105 Å². The zero-order valence-electron chi connectivity index (χ0n) is 21.0. The molecule has 6 nitrogen and oxygen atoms in total. The maximum atomic E-state index is 13.9. The van der Waals surface area contributed by atoms with E-state index in [-0.39, 0.29) is 32.0 Å². The molecule has 0 unspecified atom stereocenters. The first-order chi connectivity index (χ1) is 19.2. The van der Waals surface area contributed by atoms with Gasteiger partial charge in [-0.3, -0.25) is 4.79 Å². The van der Waals surface area contributed by atoms with Crippen molar-refractivity contribution in [3.8, 4) is 0 Å². The van der Waals surface area contributed by atoms with Crippen molar-refractivity contribution < 1.29 is 46.4 Å². The lowest BCUT2D eigenvalue weighted by atomic mass is 10.0. The van der Waals surface area contributed by atoms with E-state index < -0.39 is 46.8 Å². The monoisotopic (exact) mass is 583 g/mol. The van der Waals surface area contributed by atoms with E-state index in [2.05, 4.69) is 5.32 Å². The van der Waals surface area contributed by atoms with E-state index in [1.807, 2.05) is 24.3 Å². The van der Waals surface area contributed by atoms with Crippen LogP contribution in [0.1, 0.15) is 51.4 Å². The van der Waals surface area contributed by atoms with Crippen LogP contribution in [-0.2, 0) is 22.6 Å². The van der Waals surface area contributed by atoms with Crippen LogP contribution in [-0.4, -0.2) is 40.3 Å². The van der Waals surface area contributed by atoms with Crippen molar-refractivity contribution in [2.24, 2.45) is 0 Å². The molecule has 40 heavy (non-hydrogen) atoms. The predicted molar refractivity (Wildman–Crippen MR) is 137 cm³/mol. The average Bonchev–Trinajstić information content (AvgIpc) is 2.98. The summed E-state index contributed by atoms with van der Waals surface area (Å²) in [5, 5.41) is 20.6. The highest BCUT2D eigenvalue weighted by Crippen LogP contribution is 2.38. The second-order valence-electron chi connectivity index (χ2n) is 9.02. The van der Waals surface area contributed by atoms with E-state index >= 15 is 0 Å². The molecular weight excluding hydrogens is 557 g/mol. The molecule has 3 aromatic rings. The molecule has 0 bridgehead atoms. The summed E-state index contributed by atoms with van der Waals surface area (Å²) in [4.78, 5) is 12.2. The molecule has 4 rings (SSSR count). The number of aliphatic hydroxyl groups excluding tert-OH is 2. The van der Waals surface area contributed by atoms with Gasteiger partial charge in [0.15, 0.2) is 29.6 Å². The minimum Gasteiger partial charge on any atom is -0.396 e. The average molecular weight is 584 g/mol. The molecule has 1 saturated heterocycles. The fourth-order valence-corrected chi connectivity index (χ4v) is 4.94. The third kappa shape index (κ3) is 6.81. The minimum atomic E-state index is -2.34. The van der Waals surface area contributed by atoms with Crippen LogP contribution in [0.2, 0.25) is 0 Å². The Morgan fingerprint density at radius 2 is 1.40 bits per heavy atom. The molecule has 1 heterocycles. The molecule has 3 N–H and O–H groups in total. The Morgan fingerprint density at radius 3 is 2.00 bits per heavy atom. The first-order valence-corrected chi connectivity index (χ1v) is 13.5. The predicted octanol–water partition coefficient (Wildman–Crippen LogP) is 5.08. The fourth-order valence-electron chi connectivity index (χ4n) is 4.17. The maximum Gasteiger partial charge on any atom is 0.257 e. The lowest BCUT2D eigenvalue weighted by Crippen LogP contribution is -2.31. The van der Waals surface area contributed by atoms with Crippen LogP contribution in [0.15, 0.2) is 48.5 Å². The summed E-state index contributed by atoms with van der Waals surface area (Å²) >= 11 is 1.55. The molecule has 0 radical (unpaired) electrons. The van der Waals surface area contributed by atoms with Crippen molar-refractivity contribution in [2.45, 2.75) is 38.1 Å². The van der Waals surface area contributed by atoms with Crippen molar-refractivity contribution >= 4 is 17.7 Å². The zero-order chi connectivity index (χ0) is 28.8. The summed E-state index contributed by atoms with van der Waals surface area (Å²) < 4.78 is 80.4. The molecule has 3 aromatic carbocycles. The molecule has 0 saturated carbocycles. The SMILES string of the molecule is O=C(NCc1ccc([C@@H]2O[C@H](CSCCO)C[C@H](c3ccc(CO)cc3)O2)cc1)c1c(F)c(F)c(F)c(F)c1F. The number of rotatable bonds is 10. The zero-order valence-corrected chi connectivity index (χ0v) is 21.8. The fraction of sp³-hybridized carbons (Fsp3) is 0.321. The van der Waals surface area contributed by atoms with E-state index in [1.165, 1.54) is 0 Å². The summed E-state index contributed by atoms with van der Waals surface area (Å²) in [6.45, 7) is -0.275. The molecule has 214 valence electrons. The molecule has 3 atom stereocenters. The van der Waals surface area contributed by atoms with Crippen LogP contribution in [0.3, 0.4) is 0 Å². The number of thioether (sulfide) groups is 1. The number of aliphatic hydroxyl groups is 2. The second-order valence-corrected chi connectivity index (χ2v) is 10.2. The number of nitrogens with one attached hydrogen (secondary N) is 1. The highest BCUT2D eigenvalue weighted by Gasteiger charge is 2.32. The van der Waals surface area contributed by atoms with Gasteiger partial charge in [-0.15, -0.1) is 0 Å². The summed E-state index contributed by atoms with van der Waals surface area (Å²) in [6, 6.07) is 14.0. The van der Waals surface area contributed by atoms with Gasteiger partial charge >= 0.3 is 0 Å². The van der Waals surface area contributed by atoms with Crippen LogP contribution >= 0.6 is 11.8 Å². The smallest absolute Gasteiger partial charge is 0.257 e. The van der Waals surface area contributed by atoms with E-state index in [0.29, 0.717) is 29.1 Å². The quantitative estimate of drug-likeness (QED) is 0.134. The Bertz CT molecular complexity index is 1300. The van der Waals surface area contributed by atoms with E-state index in [0.717, 1.165) is 11.1 Å². The Kier molecular flexibility index (Phi) is 10.1. The third-order valence-electron chi connectivity index (χ3n) is 6.30. The minimum absolute atomic E-state index is 0.0473. The molecule has 0 spiro atoms. The first kappa shape index (κ1) is 29.9. The van der Waals surface area contributed by atoms with E-state index in [4.69, 9.17) is 14.6 Å². The summed E-state index contributed by atoms with van der Waals surface area (Å²) in [6.07, 6.45) is -0.646. The second kappa shape index (κ2) is 13.6. The van der Waals surface area contributed by atoms with Crippen LogP contribution in [0.5, 0.6) is 0 Å². The normalized spacial score (nSPS) is 19.0. The van der Waals surface area contributed by atoms with Gasteiger partial charge in [0, 0.05) is 30.0 Å². The highest BCUT2D eigenvalue weighted by molar-refractivity contribution is 7.99. The van der Waals surface area contributed by atoms with Gasteiger partial charge in [0.1, 0.15) is 5.56 Å². The van der Waals surface area contributed by atoms with Gasteiger partial charge in [-0.05, 0) is 16.7 Å². The van der Waals surface area contributed by atoms with E-state index in [9.17, 15) is 31.9 Å². The van der Waals surface area contributed by atoms with Crippen molar-refractivity contribution in [1.29, 1.82) is 0 Å². The van der Waals surface area contributed by atoms with Crippen LogP contribution in [0.4, 0.5) is 22.0 Å². The molecule has 0 aromatic heterocycles. The molecule has 12 heteroatoms. The number of benzene rings is 3. The van der Waals surface area contributed by atoms with Gasteiger partial charge < -0.3 is 25.0 Å². The molecule has 1 fully saturated rings. The van der Waals surface area contributed by atoms with Gasteiger partial charge in [0.05, 0.1) is 25.4 Å². The van der Waals surface area contributed by atoms with Crippen molar-refractivity contribution in [3.63, 3.8) is 0 Å². The summed E-state index contributed by atoms with van der Waals surface area (Å²) in [7, 11) is 0. The number of hydrogen-bond acceptors (Lipinski definition) is 6. The number of ether oxygens (including phenoxy) is 2. The summed E-state index contributed by atoms with van der Waals surface area (Å²) in [5.74, 6) is -11.4. The van der Waals surface area contributed by atoms with Crippen molar-refractivity contribution in [1.82, 2.24) is 5.32 Å². The largest absolute Gasteiger partial charge is 0.396 e. The Balaban J connectivity index is 1.45. The van der Waals surface area contributed by atoms with Crippen LogP contribution < -0.4 is 5.32 Å². The lowest BCUT2D eigenvalue weighted by Gasteiger charge is -2.36. The van der Waals surface area contributed by atoms with Crippen LogP contribution in [0, 0.1) is 29.1 Å². The standard InChI is InChI=1S/C28H26F5NO5S/c29-22-21(23(30)25(32)26(33)24(22)31)27(37)34-12-15-1-7-18(8-2-15)28-38-19(14-40-10-9-35)11-20(39-28)17-5-3-16(13-36)4-6-17/h1-8,19-20,28,35-36H,9-14H2,(H,34,37)/t19-,20+,28+/m0/s1. The number of carbonyl (C=O) groups excluding carboxylic acids is 1. The topological polar surface area (TPSA) is 88.0 Å². The number of amides is 1. The number of hydrogen-bond donors (Lipinski definition) is 3. The summed E-state index contributed by atoms with van der Waals surface area (Å²) in [5.41, 5.74) is 1.27. The first-order valence-electron chi connectivity index (χ1n) is 12.3. The molecule has 1 amide bonds. The molecule has 0 aliphatic carbocycles. The third-order valence-corrected chi connectivity index (χ3v) is 7.37. The lowest BCUT2D eigenvalue weighted by molar-refractivity contribution is -0.245. The maximum absolute atomic E-state index is 13.9. The van der Waals surface area contributed by atoms with Gasteiger partial charge in [0.2, 0.25) is 5.82 Å². The van der Waals surface area contributed by atoms with Gasteiger partial charge in [-0.2, -0.15) is 11.8 Å². The van der Waals surface area contributed by atoms with Gasteiger partial charge in [-0.1, -0.05) is 48.5 Å².